The highest BCUT2D eigenvalue weighted by molar-refractivity contribution is 6.30. The Labute approximate surface area is 210 Å². The van der Waals surface area contributed by atoms with Crippen molar-refractivity contribution < 1.29 is 41.4 Å². The zero-order valence-corrected chi connectivity index (χ0v) is 20.6. The monoisotopic (exact) mass is 534 g/mol. The average Bonchev–Trinajstić information content (AvgIpc) is 3.23. The van der Waals surface area contributed by atoms with E-state index in [1.165, 1.54) is 11.0 Å². The van der Waals surface area contributed by atoms with Crippen LogP contribution in [0.2, 0.25) is 5.02 Å². The smallest absolute Gasteiger partial charge is 0.447 e. The van der Waals surface area contributed by atoms with E-state index in [0.717, 1.165) is 0 Å². The van der Waals surface area contributed by atoms with E-state index in [1.807, 2.05) is 0 Å². The third kappa shape index (κ3) is 8.26. The first kappa shape index (κ1) is 27.5. The number of amides is 2. The molecule has 0 saturated carbocycles. The lowest BCUT2D eigenvalue weighted by atomic mass is 9.98. The molecule has 1 saturated heterocycles. The molecule has 1 aliphatic rings. The van der Waals surface area contributed by atoms with Gasteiger partial charge in [0.25, 0.3) is 5.91 Å². The topological polar surface area (TPSA) is 116 Å². The molecule has 1 aliphatic heterocycles. The van der Waals surface area contributed by atoms with Gasteiger partial charge in [-0.05, 0) is 51.8 Å². The molecule has 198 valence electrons. The van der Waals surface area contributed by atoms with Gasteiger partial charge in [0.2, 0.25) is 5.89 Å². The lowest BCUT2D eigenvalue weighted by Gasteiger charge is -2.38. The van der Waals surface area contributed by atoms with Crippen LogP contribution in [-0.2, 0) is 9.47 Å². The van der Waals surface area contributed by atoms with Gasteiger partial charge < -0.3 is 19.2 Å². The molecule has 36 heavy (non-hydrogen) atoms. The number of likely N-dealkylation sites (tertiary alicyclic amines) is 1. The molecule has 0 bridgehead atoms. The quantitative estimate of drug-likeness (QED) is 0.516. The maximum atomic E-state index is 13.0. The fourth-order valence-electron chi connectivity index (χ4n) is 3.47. The van der Waals surface area contributed by atoms with Crippen LogP contribution in [0.15, 0.2) is 28.7 Å². The molecule has 3 rings (SSSR count). The van der Waals surface area contributed by atoms with Crippen LogP contribution in [0.4, 0.5) is 18.0 Å². The number of hydrogen-bond donors (Lipinski definition) is 1. The highest BCUT2D eigenvalue weighted by atomic mass is 35.5. The lowest BCUT2D eigenvalue weighted by molar-refractivity contribution is -0.325. The summed E-state index contributed by atoms with van der Waals surface area (Å²) in [7, 11) is 0. The third-order valence-electron chi connectivity index (χ3n) is 4.91. The largest absolute Gasteiger partial charge is 0.522 e. The van der Waals surface area contributed by atoms with Crippen LogP contribution < -0.4 is 10.1 Å². The molecule has 0 aliphatic carbocycles. The highest BCUT2D eigenvalue weighted by Gasteiger charge is 2.39. The summed E-state index contributed by atoms with van der Waals surface area (Å²) in [5.41, 5.74) is -0.415. The van der Waals surface area contributed by atoms with Crippen LogP contribution in [-0.4, -0.2) is 64.9 Å². The summed E-state index contributed by atoms with van der Waals surface area (Å²) in [6.07, 6.45) is -5.00. The van der Waals surface area contributed by atoms with E-state index in [2.05, 4.69) is 20.3 Å². The third-order valence-corrected chi connectivity index (χ3v) is 5.15. The SMILES string of the molecule is CC(C)(C)OC(=O)N1C[C@@H](NC(=O)c2cccc(Cl)c2)CC[C@@H]1c1nnc(OCCOC(F)(F)F)o1. The van der Waals surface area contributed by atoms with Crippen LogP contribution >= 0.6 is 11.6 Å². The summed E-state index contributed by atoms with van der Waals surface area (Å²) in [6.45, 7) is 3.99. The number of halogens is 4. The van der Waals surface area contributed by atoms with Crippen molar-refractivity contribution in [3.63, 3.8) is 0 Å². The van der Waals surface area contributed by atoms with Crippen LogP contribution in [0.1, 0.15) is 55.9 Å². The van der Waals surface area contributed by atoms with Gasteiger partial charge in [-0.25, -0.2) is 4.79 Å². The van der Waals surface area contributed by atoms with Crippen molar-refractivity contribution in [2.75, 3.05) is 19.8 Å². The lowest BCUT2D eigenvalue weighted by Crippen LogP contribution is -2.52. The van der Waals surface area contributed by atoms with Gasteiger partial charge in [0.15, 0.2) is 0 Å². The maximum Gasteiger partial charge on any atom is 0.522 e. The Morgan fingerprint density at radius 1 is 1.19 bits per heavy atom. The minimum absolute atomic E-state index is 0.0206. The van der Waals surface area contributed by atoms with E-state index in [-0.39, 0.29) is 24.4 Å². The van der Waals surface area contributed by atoms with E-state index in [9.17, 15) is 22.8 Å². The summed E-state index contributed by atoms with van der Waals surface area (Å²) in [6, 6.07) is 5.37. The number of nitrogens with zero attached hydrogens (tertiary/aromatic N) is 3. The van der Waals surface area contributed by atoms with E-state index >= 15 is 0 Å². The van der Waals surface area contributed by atoms with E-state index in [1.54, 1.807) is 39.0 Å². The van der Waals surface area contributed by atoms with Gasteiger partial charge in [-0.3, -0.25) is 14.4 Å². The number of benzene rings is 1. The molecule has 14 heteroatoms. The molecular weight excluding hydrogens is 509 g/mol. The Kier molecular flexibility index (Phi) is 8.67. The fourth-order valence-corrected chi connectivity index (χ4v) is 3.66. The second-order valence-corrected chi connectivity index (χ2v) is 9.39. The summed E-state index contributed by atoms with van der Waals surface area (Å²) < 4.78 is 55.8. The number of ether oxygens (including phenoxy) is 3. The van der Waals surface area contributed by atoms with E-state index < -0.39 is 43.4 Å². The first-order valence-electron chi connectivity index (χ1n) is 11.0. The Hall–Kier alpha value is -3.06. The molecule has 1 fully saturated rings. The van der Waals surface area contributed by atoms with Gasteiger partial charge in [-0.2, -0.15) is 0 Å². The van der Waals surface area contributed by atoms with Crippen molar-refractivity contribution >= 4 is 23.6 Å². The molecule has 2 amide bonds. The summed E-state index contributed by atoms with van der Waals surface area (Å²) >= 11 is 5.97. The van der Waals surface area contributed by atoms with Gasteiger partial charge in [0.05, 0.1) is 6.61 Å². The van der Waals surface area contributed by atoms with E-state index in [4.69, 9.17) is 25.5 Å². The minimum Gasteiger partial charge on any atom is -0.447 e. The summed E-state index contributed by atoms with van der Waals surface area (Å²) in [4.78, 5) is 27.0. The van der Waals surface area contributed by atoms with Crippen LogP contribution in [0, 0.1) is 0 Å². The Balaban J connectivity index is 1.69. The van der Waals surface area contributed by atoms with Crippen molar-refractivity contribution in [2.45, 2.75) is 57.7 Å². The van der Waals surface area contributed by atoms with Gasteiger partial charge in [-0.1, -0.05) is 22.8 Å². The average molecular weight is 535 g/mol. The Morgan fingerprint density at radius 2 is 1.94 bits per heavy atom. The Morgan fingerprint density at radius 3 is 2.61 bits per heavy atom. The number of aromatic nitrogens is 2. The van der Waals surface area contributed by atoms with Crippen LogP contribution in [0.3, 0.4) is 0 Å². The summed E-state index contributed by atoms with van der Waals surface area (Å²) in [5.74, 6) is -0.327. The van der Waals surface area contributed by atoms with Crippen molar-refractivity contribution in [3.05, 3.63) is 40.7 Å². The van der Waals surface area contributed by atoms with Crippen molar-refractivity contribution in [1.29, 1.82) is 0 Å². The zero-order valence-electron chi connectivity index (χ0n) is 19.8. The number of piperidine rings is 1. The molecular formula is C22H26ClF3N4O6. The first-order chi connectivity index (χ1) is 16.8. The van der Waals surface area contributed by atoms with Gasteiger partial charge in [0.1, 0.15) is 18.2 Å². The molecule has 0 unspecified atom stereocenters. The van der Waals surface area contributed by atoms with Crippen molar-refractivity contribution in [2.24, 2.45) is 0 Å². The molecule has 2 atom stereocenters. The molecule has 1 aromatic carbocycles. The first-order valence-corrected chi connectivity index (χ1v) is 11.4. The molecule has 1 aromatic heterocycles. The Bertz CT molecular complexity index is 1060. The minimum atomic E-state index is -4.78. The molecule has 10 nitrogen and oxygen atoms in total. The number of alkyl halides is 3. The standard InChI is InChI=1S/C22H26ClF3N4O6/c1-21(2,3)36-20(32)30-12-15(27-17(31)13-5-4-6-14(23)11-13)7-8-16(30)18-28-29-19(35-18)33-9-10-34-22(24,25)26/h4-6,11,15-16H,7-10,12H2,1-3H3,(H,27,31)/t15-,16+/m0/s1. The van der Waals surface area contributed by atoms with Crippen molar-refractivity contribution in [3.8, 4) is 6.08 Å². The summed E-state index contributed by atoms with van der Waals surface area (Å²) in [5, 5.41) is 10.9. The van der Waals surface area contributed by atoms with Crippen LogP contribution in [0.5, 0.6) is 6.08 Å². The van der Waals surface area contributed by atoms with E-state index in [0.29, 0.717) is 23.4 Å². The predicted octanol–water partition coefficient (Wildman–Crippen LogP) is 4.51. The zero-order chi connectivity index (χ0) is 26.5. The second kappa shape index (κ2) is 11.3. The number of nitrogens with one attached hydrogen (secondary N) is 1. The fraction of sp³-hybridized carbons (Fsp3) is 0.545. The normalized spacial score (nSPS) is 18.6. The number of rotatable bonds is 7. The van der Waals surface area contributed by atoms with Crippen LogP contribution in [0.25, 0.3) is 0 Å². The predicted molar refractivity (Wildman–Crippen MR) is 119 cm³/mol. The van der Waals surface area contributed by atoms with Gasteiger partial charge in [-0.15, -0.1) is 18.3 Å². The number of carbonyl (C=O) groups is 2. The molecule has 1 N–H and O–H groups in total. The van der Waals surface area contributed by atoms with Gasteiger partial charge in [0, 0.05) is 23.2 Å². The van der Waals surface area contributed by atoms with Gasteiger partial charge >= 0.3 is 18.5 Å². The highest BCUT2D eigenvalue weighted by Crippen LogP contribution is 2.33. The number of carbonyl (C=O) groups excluding carboxylic acids is 2. The molecule has 0 radical (unpaired) electrons. The molecule has 2 heterocycles. The molecule has 0 spiro atoms. The number of hydrogen-bond acceptors (Lipinski definition) is 8. The molecule has 2 aromatic rings. The van der Waals surface area contributed by atoms with Crippen molar-refractivity contribution in [1.82, 2.24) is 20.4 Å². The second-order valence-electron chi connectivity index (χ2n) is 8.96. The maximum absolute atomic E-state index is 13.0.